The number of aryl methyl sites for hydroxylation is 2. The van der Waals surface area contributed by atoms with Crippen LogP contribution in [-0.4, -0.2) is 16.1 Å². The van der Waals surface area contributed by atoms with E-state index < -0.39 is 0 Å². The van der Waals surface area contributed by atoms with E-state index in [-0.39, 0.29) is 0 Å². The van der Waals surface area contributed by atoms with Crippen LogP contribution in [0.2, 0.25) is 0 Å². The third kappa shape index (κ3) is 3.65. The molecule has 0 bridgehead atoms. The highest BCUT2D eigenvalue weighted by Crippen LogP contribution is 2.24. The molecule has 21 heavy (non-hydrogen) atoms. The monoisotopic (exact) mass is 287 g/mol. The van der Waals surface area contributed by atoms with Crippen LogP contribution >= 0.6 is 0 Å². The summed E-state index contributed by atoms with van der Waals surface area (Å²) in [5, 5.41) is 0. The molecule has 0 aliphatic carbocycles. The van der Waals surface area contributed by atoms with Gasteiger partial charge in [-0.05, 0) is 63.8 Å². The summed E-state index contributed by atoms with van der Waals surface area (Å²) in [6.07, 6.45) is 4.56. The predicted octanol–water partition coefficient (Wildman–Crippen LogP) is 4.23. The summed E-state index contributed by atoms with van der Waals surface area (Å²) in [5.74, 6) is 1.94. The van der Waals surface area contributed by atoms with Crippen molar-refractivity contribution in [1.82, 2.24) is 9.55 Å². The summed E-state index contributed by atoms with van der Waals surface area (Å²) in [7, 11) is 0. The summed E-state index contributed by atoms with van der Waals surface area (Å²) < 4.78 is 2.39. The molecule has 1 aromatic carbocycles. The van der Waals surface area contributed by atoms with Crippen LogP contribution in [0.25, 0.3) is 11.0 Å². The molecule has 0 aliphatic heterocycles. The van der Waals surface area contributed by atoms with Gasteiger partial charge < -0.3 is 10.3 Å². The Kier molecular flexibility index (Phi) is 5.40. The first-order valence-corrected chi connectivity index (χ1v) is 8.24. The van der Waals surface area contributed by atoms with Crippen molar-refractivity contribution in [3.63, 3.8) is 0 Å². The van der Waals surface area contributed by atoms with Crippen LogP contribution in [0.4, 0.5) is 0 Å². The first-order chi connectivity index (χ1) is 10.1. The zero-order valence-corrected chi connectivity index (χ0v) is 13.9. The van der Waals surface area contributed by atoms with E-state index in [4.69, 9.17) is 10.7 Å². The molecular formula is C18H29N3. The second kappa shape index (κ2) is 7.08. The van der Waals surface area contributed by atoms with Gasteiger partial charge in [0.15, 0.2) is 0 Å². The van der Waals surface area contributed by atoms with Crippen LogP contribution in [0.1, 0.15) is 57.5 Å². The first kappa shape index (κ1) is 16.0. The summed E-state index contributed by atoms with van der Waals surface area (Å²) in [4.78, 5) is 4.89. The van der Waals surface area contributed by atoms with Gasteiger partial charge in [-0.25, -0.2) is 4.98 Å². The van der Waals surface area contributed by atoms with Crippen LogP contribution in [0.15, 0.2) is 18.2 Å². The topological polar surface area (TPSA) is 43.8 Å². The Morgan fingerprint density at radius 3 is 2.62 bits per heavy atom. The highest BCUT2D eigenvalue weighted by Gasteiger charge is 2.15. The second-order valence-electron chi connectivity index (χ2n) is 6.37. The van der Waals surface area contributed by atoms with Crippen molar-refractivity contribution in [2.45, 2.75) is 59.4 Å². The lowest BCUT2D eigenvalue weighted by molar-refractivity contribution is 0.432. The molecule has 1 atom stereocenters. The van der Waals surface area contributed by atoms with E-state index in [2.05, 4.69) is 50.5 Å². The first-order valence-electron chi connectivity index (χ1n) is 8.24. The van der Waals surface area contributed by atoms with Gasteiger partial charge in [-0.15, -0.1) is 0 Å². The number of nitrogens with zero attached hydrogens (tertiary/aromatic N) is 2. The fourth-order valence-corrected chi connectivity index (χ4v) is 3.13. The number of aromatic nitrogens is 2. The van der Waals surface area contributed by atoms with E-state index in [1.807, 2.05) is 0 Å². The molecule has 2 N–H and O–H groups in total. The molecule has 3 heteroatoms. The van der Waals surface area contributed by atoms with Gasteiger partial charge in [-0.2, -0.15) is 0 Å². The normalized spacial score (nSPS) is 13.2. The number of benzene rings is 1. The summed E-state index contributed by atoms with van der Waals surface area (Å²) in [6, 6.07) is 7.02. The molecule has 0 radical (unpaired) electrons. The number of rotatable bonds is 7. The van der Waals surface area contributed by atoms with Crippen molar-refractivity contribution in [3.8, 4) is 0 Å². The van der Waals surface area contributed by atoms with Crippen LogP contribution in [-0.2, 0) is 6.42 Å². The lowest BCUT2D eigenvalue weighted by atomic mass is 9.96. The molecule has 0 spiro atoms. The Labute approximate surface area is 128 Å². The van der Waals surface area contributed by atoms with E-state index in [9.17, 15) is 0 Å². The average Bonchev–Trinajstić information content (AvgIpc) is 2.80. The number of hydrogen-bond donors (Lipinski definition) is 1. The third-order valence-electron chi connectivity index (χ3n) is 4.36. The van der Waals surface area contributed by atoms with Crippen molar-refractivity contribution < 1.29 is 0 Å². The van der Waals surface area contributed by atoms with E-state index in [1.165, 1.54) is 29.7 Å². The average molecular weight is 287 g/mol. The van der Waals surface area contributed by atoms with Crippen molar-refractivity contribution in [2.24, 2.45) is 11.7 Å². The largest absolute Gasteiger partial charge is 0.330 e. The number of hydrogen-bond acceptors (Lipinski definition) is 2. The lowest BCUT2D eigenvalue weighted by Crippen LogP contribution is -2.12. The van der Waals surface area contributed by atoms with Crippen molar-refractivity contribution in [3.05, 3.63) is 29.6 Å². The van der Waals surface area contributed by atoms with Gasteiger partial charge in [-0.3, -0.25) is 0 Å². The Hall–Kier alpha value is -1.35. The number of fused-ring (bicyclic) bond motifs is 1. The maximum atomic E-state index is 5.71. The molecular weight excluding hydrogens is 258 g/mol. The van der Waals surface area contributed by atoms with E-state index >= 15 is 0 Å². The molecule has 2 aromatic rings. The van der Waals surface area contributed by atoms with Crippen molar-refractivity contribution >= 4 is 11.0 Å². The molecule has 3 nitrogen and oxygen atoms in total. The van der Waals surface area contributed by atoms with Gasteiger partial charge in [-0.1, -0.05) is 19.4 Å². The number of nitrogens with two attached hydrogens (primary N) is 1. The fraction of sp³-hybridized carbons (Fsp3) is 0.611. The van der Waals surface area contributed by atoms with Gasteiger partial charge >= 0.3 is 0 Å². The molecule has 1 aromatic heterocycles. The minimum atomic E-state index is 0.447. The number of imidazole rings is 1. The Bertz CT molecular complexity index is 583. The summed E-state index contributed by atoms with van der Waals surface area (Å²) in [5.41, 5.74) is 9.38. The molecule has 0 fully saturated rings. The molecule has 0 saturated carbocycles. The molecule has 116 valence electrons. The van der Waals surface area contributed by atoms with Gasteiger partial charge in [0.05, 0.1) is 11.0 Å². The lowest BCUT2D eigenvalue weighted by Gasteiger charge is -2.16. The van der Waals surface area contributed by atoms with E-state index in [0.717, 1.165) is 30.8 Å². The Balaban J connectivity index is 2.27. The third-order valence-corrected chi connectivity index (χ3v) is 4.36. The van der Waals surface area contributed by atoms with Gasteiger partial charge in [0, 0.05) is 12.5 Å². The zero-order valence-electron chi connectivity index (χ0n) is 13.9. The van der Waals surface area contributed by atoms with E-state index in [1.54, 1.807) is 0 Å². The summed E-state index contributed by atoms with van der Waals surface area (Å²) in [6.45, 7) is 9.65. The Morgan fingerprint density at radius 2 is 2.00 bits per heavy atom. The molecule has 2 rings (SSSR count). The fourth-order valence-electron chi connectivity index (χ4n) is 3.13. The van der Waals surface area contributed by atoms with E-state index in [0.29, 0.717) is 6.04 Å². The highest BCUT2D eigenvalue weighted by molar-refractivity contribution is 5.77. The molecule has 1 heterocycles. The van der Waals surface area contributed by atoms with Crippen molar-refractivity contribution in [1.29, 1.82) is 0 Å². The minimum Gasteiger partial charge on any atom is -0.330 e. The second-order valence-corrected chi connectivity index (χ2v) is 6.37. The SMILES string of the molecule is CCC(CCN)CCc1nc2cc(C)ccc2n1C(C)C. The Morgan fingerprint density at radius 1 is 1.24 bits per heavy atom. The van der Waals surface area contributed by atoms with Crippen LogP contribution in [0.3, 0.4) is 0 Å². The quantitative estimate of drug-likeness (QED) is 0.828. The molecule has 1 unspecified atom stereocenters. The van der Waals surface area contributed by atoms with Gasteiger partial charge in [0.2, 0.25) is 0 Å². The summed E-state index contributed by atoms with van der Waals surface area (Å²) >= 11 is 0. The predicted molar refractivity (Wildman–Crippen MR) is 90.6 cm³/mol. The standard InChI is InChI=1S/C18H29N3/c1-5-15(10-11-19)7-9-18-20-16-12-14(4)6-8-17(16)21(18)13(2)3/h6,8,12-13,15H,5,7,9-11,19H2,1-4H3. The molecule has 0 aliphatic rings. The van der Waals surface area contributed by atoms with Crippen molar-refractivity contribution in [2.75, 3.05) is 6.54 Å². The molecule has 0 saturated heterocycles. The zero-order chi connectivity index (χ0) is 15.4. The maximum absolute atomic E-state index is 5.71. The maximum Gasteiger partial charge on any atom is 0.110 e. The molecule has 0 amide bonds. The van der Waals surface area contributed by atoms with Crippen LogP contribution < -0.4 is 5.73 Å². The minimum absolute atomic E-state index is 0.447. The van der Waals surface area contributed by atoms with Crippen LogP contribution in [0.5, 0.6) is 0 Å². The van der Waals surface area contributed by atoms with Gasteiger partial charge in [0.1, 0.15) is 5.82 Å². The highest BCUT2D eigenvalue weighted by atomic mass is 15.1. The van der Waals surface area contributed by atoms with Gasteiger partial charge in [0.25, 0.3) is 0 Å². The smallest absolute Gasteiger partial charge is 0.110 e. The van der Waals surface area contributed by atoms with Crippen LogP contribution in [0, 0.1) is 12.8 Å².